The first-order valence-corrected chi connectivity index (χ1v) is 5.24. The number of aromatic nitrogens is 1. The zero-order valence-electron chi connectivity index (χ0n) is 6.82. The summed E-state index contributed by atoms with van der Waals surface area (Å²) < 4.78 is 5.11. The summed E-state index contributed by atoms with van der Waals surface area (Å²) in [7, 11) is 0. The lowest BCUT2D eigenvalue weighted by Crippen LogP contribution is -2.02. The quantitative estimate of drug-likeness (QED) is 0.727. The van der Waals surface area contributed by atoms with Crippen molar-refractivity contribution in [3.8, 4) is 0 Å². The van der Waals surface area contributed by atoms with E-state index in [1.165, 1.54) is 25.0 Å². The second-order valence-electron chi connectivity index (χ2n) is 3.00. The minimum atomic E-state index is 0.446. The fraction of sp³-hybridized carbons (Fsp3) is 0.625. The molecule has 0 radical (unpaired) electrons. The molecule has 0 aliphatic carbocycles. The molecule has 1 saturated heterocycles. The summed E-state index contributed by atoms with van der Waals surface area (Å²) in [6, 6.07) is 0. The van der Waals surface area contributed by atoms with Crippen LogP contribution in [0.5, 0.6) is 0 Å². The predicted molar refractivity (Wildman–Crippen MR) is 50.0 cm³/mol. The number of hydrogen-bond donors (Lipinski definition) is 1. The molecule has 1 aliphatic heterocycles. The molecule has 66 valence electrons. The fourth-order valence-electron chi connectivity index (χ4n) is 1.45. The number of thioether (sulfide) groups is 1. The minimum Gasteiger partial charge on any atom is -0.395 e. The molecule has 0 saturated carbocycles. The van der Waals surface area contributed by atoms with Gasteiger partial charge >= 0.3 is 0 Å². The van der Waals surface area contributed by atoms with Crippen molar-refractivity contribution in [3.05, 3.63) is 12.0 Å². The Morgan fingerprint density at radius 3 is 3.08 bits per heavy atom. The van der Waals surface area contributed by atoms with Crippen molar-refractivity contribution in [1.29, 1.82) is 0 Å². The lowest BCUT2D eigenvalue weighted by atomic mass is 10.1. The van der Waals surface area contributed by atoms with Gasteiger partial charge in [0.25, 0.3) is 0 Å². The van der Waals surface area contributed by atoms with E-state index in [0.717, 1.165) is 5.76 Å². The van der Waals surface area contributed by atoms with Gasteiger partial charge in [-0.05, 0) is 18.6 Å². The van der Waals surface area contributed by atoms with Gasteiger partial charge in [-0.1, -0.05) is 11.6 Å². The van der Waals surface area contributed by atoms with Crippen molar-refractivity contribution in [3.63, 3.8) is 0 Å². The second-order valence-corrected chi connectivity index (χ2v) is 4.31. The summed E-state index contributed by atoms with van der Waals surface area (Å²) in [5, 5.41) is 4.13. The van der Waals surface area contributed by atoms with Crippen molar-refractivity contribution in [2.45, 2.75) is 24.5 Å². The summed E-state index contributed by atoms with van der Waals surface area (Å²) in [6.07, 6.45) is 5.35. The zero-order chi connectivity index (χ0) is 8.39. The smallest absolute Gasteiger partial charge is 0.172 e. The van der Waals surface area contributed by atoms with Gasteiger partial charge in [-0.3, -0.25) is 0 Å². The lowest BCUT2D eigenvalue weighted by molar-refractivity contribution is 0.376. The van der Waals surface area contributed by atoms with Crippen LogP contribution in [0, 0.1) is 0 Å². The lowest BCUT2D eigenvalue weighted by Gasteiger charge is -2.18. The molecule has 0 spiro atoms. The molecule has 0 bridgehead atoms. The Morgan fingerprint density at radius 1 is 1.58 bits per heavy atom. The molecule has 12 heavy (non-hydrogen) atoms. The third kappa shape index (κ3) is 1.43. The largest absolute Gasteiger partial charge is 0.395 e. The Balaban J connectivity index is 2.13. The average molecular weight is 184 g/mol. The molecular weight excluding hydrogens is 172 g/mol. The maximum absolute atomic E-state index is 5.70. The van der Waals surface area contributed by atoms with Crippen LogP contribution in [0.2, 0.25) is 0 Å². The molecular formula is C8H12N2OS. The number of rotatable bonds is 1. The van der Waals surface area contributed by atoms with Gasteiger partial charge in [0.2, 0.25) is 0 Å². The summed E-state index contributed by atoms with van der Waals surface area (Å²) in [5.74, 6) is 2.09. The third-order valence-corrected chi connectivity index (χ3v) is 3.48. The van der Waals surface area contributed by atoms with Crippen LogP contribution in [0.3, 0.4) is 0 Å². The maximum Gasteiger partial charge on any atom is 0.172 e. The van der Waals surface area contributed by atoms with Gasteiger partial charge in [-0.15, -0.1) is 0 Å². The van der Waals surface area contributed by atoms with Gasteiger partial charge in [0.05, 0.1) is 17.1 Å². The predicted octanol–water partition coefficient (Wildman–Crippen LogP) is 2.21. The first kappa shape index (κ1) is 7.98. The second kappa shape index (κ2) is 3.39. The molecule has 2 heterocycles. The molecule has 1 aromatic heterocycles. The maximum atomic E-state index is 5.70. The van der Waals surface area contributed by atoms with Gasteiger partial charge in [0.15, 0.2) is 5.76 Å². The highest BCUT2D eigenvalue weighted by Gasteiger charge is 2.21. The van der Waals surface area contributed by atoms with Crippen LogP contribution in [0.15, 0.2) is 10.7 Å². The summed E-state index contributed by atoms with van der Waals surface area (Å²) >= 11 is 1.92. The molecule has 3 nitrogen and oxygen atoms in total. The standard InChI is InChI=1S/C8H12N2OS/c9-6-5-10-11-8(6)7-3-1-2-4-12-7/h5,7H,1-4,9H2. The Hall–Kier alpha value is -0.640. The van der Waals surface area contributed by atoms with Crippen molar-refractivity contribution < 1.29 is 4.52 Å². The topological polar surface area (TPSA) is 52.0 Å². The van der Waals surface area contributed by atoms with E-state index in [1.807, 2.05) is 11.8 Å². The minimum absolute atomic E-state index is 0.446. The van der Waals surface area contributed by atoms with Crippen LogP contribution < -0.4 is 5.73 Å². The van der Waals surface area contributed by atoms with Gasteiger partial charge in [0.1, 0.15) is 0 Å². The van der Waals surface area contributed by atoms with Crippen LogP contribution in [0.4, 0.5) is 5.69 Å². The van der Waals surface area contributed by atoms with Crippen LogP contribution in [0.25, 0.3) is 0 Å². The summed E-state index contributed by atoms with van der Waals surface area (Å²) in [5.41, 5.74) is 6.40. The van der Waals surface area contributed by atoms with E-state index < -0.39 is 0 Å². The average Bonchev–Trinajstić information content (AvgIpc) is 2.53. The highest BCUT2D eigenvalue weighted by Crippen LogP contribution is 2.40. The monoisotopic (exact) mass is 184 g/mol. The first-order chi connectivity index (χ1) is 5.88. The summed E-state index contributed by atoms with van der Waals surface area (Å²) in [4.78, 5) is 0. The van der Waals surface area contributed by atoms with E-state index in [9.17, 15) is 0 Å². The van der Waals surface area contributed by atoms with Gasteiger partial charge in [-0.2, -0.15) is 11.8 Å². The molecule has 2 rings (SSSR count). The normalized spacial score (nSPS) is 24.2. The van der Waals surface area contributed by atoms with Gasteiger partial charge in [-0.25, -0.2) is 0 Å². The number of nitrogen functional groups attached to an aromatic ring is 1. The molecule has 0 aromatic carbocycles. The van der Waals surface area contributed by atoms with Crippen molar-refractivity contribution >= 4 is 17.4 Å². The number of nitrogens with two attached hydrogens (primary N) is 1. The van der Waals surface area contributed by atoms with Crippen LogP contribution in [0.1, 0.15) is 30.3 Å². The van der Waals surface area contributed by atoms with E-state index in [4.69, 9.17) is 10.3 Å². The highest BCUT2D eigenvalue weighted by atomic mass is 32.2. The van der Waals surface area contributed by atoms with Crippen molar-refractivity contribution in [2.75, 3.05) is 11.5 Å². The molecule has 2 N–H and O–H groups in total. The Labute approximate surface area is 75.7 Å². The molecule has 4 heteroatoms. The molecule has 1 atom stereocenters. The molecule has 1 fully saturated rings. The molecule has 0 amide bonds. The van der Waals surface area contributed by atoms with E-state index >= 15 is 0 Å². The number of nitrogens with zero attached hydrogens (tertiary/aromatic N) is 1. The van der Waals surface area contributed by atoms with E-state index in [-0.39, 0.29) is 0 Å². The first-order valence-electron chi connectivity index (χ1n) is 4.19. The fourth-order valence-corrected chi connectivity index (χ4v) is 2.77. The molecule has 1 aromatic rings. The Bertz CT molecular complexity index is 255. The summed E-state index contributed by atoms with van der Waals surface area (Å²) in [6.45, 7) is 0. The number of anilines is 1. The van der Waals surface area contributed by atoms with Crippen LogP contribution in [-0.2, 0) is 0 Å². The highest BCUT2D eigenvalue weighted by molar-refractivity contribution is 7.99. The molecule has 1 aliphatic rings. The Morgan fingerprint density at radius 2 is 2.50 bits per heavy atom. The van der Waals surface area contributed by atoms with Gasteiger partial charge in [0, 0.05) is 0 Å². The van der Waals surface area contributed by atoms with Crippen LogP contribution in [-0.4, -0.2) is 10.9 Å². The van der Waals surface area contributed by atoms with Crippen molar-refractivity contribution in [1.82, 2.24) is 5.16 Å². The van der Waals surface area contributed by atoms with E-state index in [1.54, 1.807) is 6.20 Å². The van der Waals surface area contributed by atoms with E-state index in [0.29, 0.717) is 10.9 Å². The van der Waals surface area contributed by atoms with E-state index in [2.05, 4.69) is 5.16 Å². The Kier molecular flexibility index (Phi) is 2.26. The van der Waals surface area contributed by atoms with Crippen LogP contribution >= 0.6 is 11.8 Å². The van der Waals surface area contributed by atoms with Crippen molar-refractivity contribution in [2.24, 2.45) is 0 Å². The number of hydrogen-bond acceptors (Lipinski definition) is 4. The third-order valence-electron chi connectivity index (χ3n) is 2.10. The SMILES string of the molecule is Nc1cnoc1C1CCCCS1. The molecule has 1 unspecified atom stereocenters. The van der Waals surface area contributed by atoms with Gasteiger partial charge < -0.3 is 10.3 Å². The zero-order valence-corrected chi connectivity index (χ0v) is 7.64.